The van der Waals surface area contributed by atoms with Gasteiger partial charge in [0.1, 0.15) is 24.7 Å². The number of hydrogen-bond acceptors (Lipinski definition) is 5. The van der Waals surface area contributed by atoms with Crippen LogP contribution in [0.4, 0.5) is 16.2 Å². The third-order valence-corrected chi connectivity index (χ3v) is 4.73. The average molecular weight is 346 g/mol. The first-order valence-electron chi connectivity index (χ1n) is 7.99. The Labute approximate surface area is 148 Å². The van der Waals surface area contributed by atoms with Gasteiger partial charge in [-0.25, -0.2) is 4.79 Å². The van der Waals surface area contributed by atoms with Gasteiger partial charge in [-0.05, 0) is 12.1 Å². The van der Waals surface area contributed by atoms with E-state index in [0.29, 0.717) is 35.1 Å². The highest BCUT2D eigenvalue weighted by Gasteiger charge is 2.45. The van der Waals surface area contributed by atoms with Gasteiger partial charge in [0.15, 0.2) is 0 Å². The van der Waals surface area contributed by atoms with Gasteiger partial charge in [0.2, 0.25) is 0 Å². The molecule has 4 rings (SSSR count). The molecule has 2 aromatic rings. The lowest BCUT2D eigenvalue weighted by molar-refractivity contribution is -0.108. The quantitative estimate of drug-likeness (QED) is 0.813. The number of nitrogens with one attached hydrogen (secondary N) is 2. The summed E-state index contributed by atoms with van der Waals surface area (Å²) >= 11 is 0. The number of carbonyl (C=O) groups excluding carboxylic acids is 3. The second-order valence-electron chi connectivity index (χ2n) is 6.05. The number of aldehydes is 2. The van der Waals surface area contributed by atoms with E-state index < -0.39 is 18.1 Å². The molecular weight excluding hydrogens is 332 g/mol. The largest absolute Gasteiger partial charge is 0.330 e. The second-order valence-corrected chi connectivity index (χ2v) is 6.05. The molecule has 0 saturated heterocycles. The predicted molar refractivity (Wildman–Crippen MR) is 96.6 cm³/mol. The van der Waals surface area contributed by atoms with E-state index in [-0.39, 0.29) is 11.4 Å². The van der Waals surface area contributed by atoms with Gasteiger partial charge in [0, 0.05) is 11.1 Å². The summed E-state index contributed by atoms with van der Waals surface area (Å²) < 4.78 is 0. The monoisotopic (exact) mass is 346 g/mol. The summed E-state index contributed by atoms with van der Waals surface area (Å²) in [5.74, 6) is 0. The maximum atomic E-state index is 13.3. The van der Waals surface area contributed by atoms with Crippen LogP contribution in [0.3, 0.4) is 0 Å². The van der Waals surface area contributed by atoms with Crippen LogP contribution >= 0.6 is 0 Å². The van der Waals surface area contributed by atoms with Crippen LogP contribution in [0.2, 0.25) is 0 Å². The highest BCUT2D eigenvalue weighted by atomic mass is 16.2. The van der Waals surface area contributed by atoms with Crippen LogP contribution in [0.1, 0.15) is 11.1 Å². The molecule has 0 spiro atoms. The van der Waals surface area contributed by atoms with Crippen LogP contribution in [-0.2, 0) is 9.59 Å². The molecule has 2 aliphatic rings. The van der Waals surface area contributed by atoms with Gasteiger partial charge in [-0.3, -0.25) is 9.80 Å². The maximum Gasteiger partial charge on any atom is 0.330 e. The number of para-hydroxylation sites is 2. The lowest BCUT2D eigenvalue weighted by Crippen LogP contribution is -2.52. The zero-order valence-corrected chi connectivity index (χ0v) is 13.5. The molecule has 7 heteroatoms. The number of nitrogens with zero attached hydrogens (tertiary/aromatic N) is 2. The molecule has 2 aromatic carbocycles. The molecule has 0 bridgehead atoms. The summed E-state index contributed by atoms with van der Waals surface area (Å²) in [5, 5.41) is 16.4. The summed E-state index contributed by atoms with van der Waals surface area (Å²) in [6.07, 6.45) is 1.09. The van der Waals surface area contributed by atoms with Crippen molar-refractivity contribution in [3.05, 3.63) is 59.7 Å². The SMILES string of the molecule is N=C1c2ccccc2N(C(=O)N2c3ccccc3C(=N)C2C=O)C1C=O. The van der Waals surface area contributed by atoms with Crippen molar-refractivity contribution in [2.75, 3.05) is 9.80 Å². The van der Waals surface area contributed by atoms with Crippen molar-refractivity contribution in [1.29, 1.82) is 10.8 Å². The summed E-state index contributed by atoms with van der Waals surface area (Å²) in [7, 11) is 0. The molecule has 0 fully saturated rings. The first-order chi connectivity index (χ1) is 12.6. The molecule has 0 aromatic heterocycles. The summed E-state index contributed by atoms with van der Waals surface area (Å²) in [6, 6.07) is 10.9. The minimum absolute atomic E-state index is 0.0363. The Morgan fingerprint density at radius 3 is 1.54 bits per heavy atom. The maximum absolute atomic E-state index is 13.3. The molecule has 2 amide bonds. The van der Waals surface area contributed by atoms with Crippen molar-refractivity contribution in [2.24, 2.45) is 0 Å². The Morgan fingerprint density at radius 2 is 1.15 bits per heavy atom. The lowest BCUT2D eigenvalue weighted by atomic mass is 10.1. The molecule has 0 saturated carbocycles. The molecule has 2 atom stereocenters. The van der Waals surface area contributed by atoms with Crippen molar-refractivity contribution < 1.29 is 14.4 Å². The van der Waals surface area contributed by atoms with Gasteiger partial charge in [0.05, 0.1) is 22.8 Å². The van der Waals surface area contributed by atoms with Crippen LogP contribution < -0.4 is 9.80 Å². The summed E-state index contributed by atoms with van der Waals surface area (Å²) in [5.41, 5.74) is 1.97. The van der Waals surface area contributed by atoms with Gasteiger partial charge < -0.3 is 20.4 Å². The van der Waals surface area contributed by atoms with Crippen LogP contribution in [0, 0.1) is 10.8 Å². The first-order valence-corrected chi connectivity index (χ1v) is 7.99. The molecule has 0 radical (unpaired) electrons. The molecule has 7 nitrogen and oxygen atoms in total. The zero-order valence-electron chi connectivity index (χ0n) is 13.5. The van der Waals surface area contributed by atoms with E-state index in [4.69, 9.17) is 10.8 Å². The van der Waals surface area contributed by atoms with E-state index in [1.54, 1.807) is 48.5 Å². The normalized spacial score (nSPS) is 20.8. The molecular formula is C19H14N4O3. The number of carbonyl (C=O) groups is 3. The molecule has 26 heavy (non-hydrogen) atoms. The van der Waals surface area contributed by atoms with Gasteiger partial charge >= 0.3 is 6.03 Å². The Bertz CT molecular complexity index is 907. The van der Waals surface area contributed by atoms with E-state index in [0.717, 1.165) is 0 Å². The average Bonchev–Trinajstić information content (AvgIpc) is 3.13. The van der Waals surface area contributed by atoms with Gasteiger partial charge in [0.25, 0.3) is 0 Å². The van der Waals surface area contributed by atoms with Crippen molar-refractivity contribution in [3.63, 3.8) is 0 Å². The minimum atomic E-state index is -1.06. The van der Waals surface area contributed by atoms with Crippen molar-refractivity contribution in [1.82, 2.24) is 0 Å². The van der Waals surface area contributed by atoms with Crippen LogP contribution in [-0.4, -0.2) is 42.1 Å². The summed E-state index contributed by atoms with van der Waals surface area (Å²) in [6.45, 7) is 0. The molecule has 0 aliphatic carbocycles. The fourth-order valence-electron chi connectivity index (χ4n) is 3.52. The van der Waals surface area contributed by atoms with E-state index in [1.165, 1.54) is 9.80 Å². The Balaban J connectivity index is 1.85. The second kappa shape index (κ2) is 5.73. The number of amides is 2. The zero-order chi connectivity index (χ0) is 18.4. The highest BCUT2D eigenvalue weighted by Crippen LogP contribution is 2.37. The van der Waals surface area contributed by atoms with E-state index in [2.05, 4.69) is 0 Å². The third kappa shape index (κ3) is 1.97. The number of hydrogen-bond donors (Lipinski definition) is 2. The highest BCUT2D eigenvalue weighted by molar-refractivity contribution is 6.31. The van der Waals surface area contributed by atoms with Crippen LogP contribution in [0.15, 0.2) is 48.5 Å². The minimum Gasteiger partial charge on any atom is -0.302 e. The lowest BCUT2D eigenvalue weighted by Gasteiger charge is -2.29. The number of fused-ring (bicyclic) bond motifs is 2. The number of anilines is 2. The molecule has 2 N–H and O–H groups in total. The van der Waals surface area contributed by atoms with E-state index in [9.17, 15) is 14.4 Å². The number of urea groups is 1. The summed E-state index contributed by atoms with van der Waals surface area (Å²) in [4.78, 5) is 39.0. The predicted octanol–water partition coefficient (Wildman–Crippen LogP) is 2.02. The van der Waals surface area contributed by atoms with E-state index >= 15 is 0 Å². The van der Waals surface area contributed by atoms with Gasteiger partial charge in [-0.2, -0.15) is 0 Å². The van der Waals surface area contributed by atoms with Crippen molar-refractivity contribution >= 4 is 41.4 Å². The van der Waals surface area contributed by atoms with Crippen molar-refractivity contribution in [3.8, 4) is 0 Å². The molecule has 2 unspecified atom stereocenters. The van der Waals surface area contributed by atoms with Gasteiger partial charge in [-0.15, -0.1) is 0 Å². The van der Waals surface area contributed by atoms with Crippen molar-refractivity contribution in [2.45, 2.75) is 12.1 Å². The Morgan fingerprint density at radius 1 is 0.769 bits per heavy atom. The fraction of sp³-hybridized carbons (Fsp3) is 0.105. The van der Waals surface area contributed by atoms with Crippen LogP contribution in [0.5, 0.6) is 0 Å². The standard InChI is InChI=1S/C19H14N4O3/c20-17-11-5-1-3-7-13(11)22(15(17)9-24)19(26)23-14-8-4-2-6-12(14)18(21)16(23)10-25/h1-10,15-16,20-21H. The Hall–Kier alpha value is -3.61. The molecule has 2 heterocycles. The first kappa shape index (κ1) is 15.9. The number of rotatable bonds is 2. The smallest absolute Gasteiger partial charge is 0.302 e. The van der Waals surface area contributed by atoms with Crippen LogP contribution in [0.25, 0.3) is 0 Å². The van der Waals surface area contributed by atoms with Gasteiger partial charge in [-0.1, -0.05) is 36.4 Å². The topological polar surface area (TPSA) is 105 Å². The third-order valence-electron chi connectivity index (χ3n) is 4.73. The number of benzene rings is 2. The fourth-order valence-corrected chi connectivity index (χ4v) is 3.52. The molecule has 2 aliphatic heterocycles. The van der Waals surface area contributed by atoms with E-state index in [1.807, 2.05) is 0 Å². The Kier molecular flexibility index (Phi) is 3.50. The molecule has 128 valence electrons.